The van der Waals surface area contributed by atoms with Gasteiger partial charge in [0.05, 0.1) is 30.9 Å². The molecular formula is C16H15N3O5. The number of hydrazone groups is 1. The number of hydrogen-bond acceptors (Lipinski definition) is 6. The number of nitro benzene ring substituents is 1. The summed E-state index contributed by atoms with van der Waals surface area (Å²) in [4.78, 5) is 22.5. The van der Waals surface area contributed by atoms with Gasteiger partial charge in [0.1, 0.15) is 5.75 Å². The number of ether oxygens (including phenoxy) is 2. The SMILES string of the molecule is COc1ccccc1C(=O)N/N=C\c1ccc(OC)c([N+](=O)[O-])c1. The Hall–Kier alpha value is -3.42. The molecule has 2 aromatic rings. The zero-order chi connectivity index (χ0) is 17.5. The molecule has 0 unspecified atom stereocenters. The lowest BCUT2D eigenvalue weighted by molar-refractivity contribution is -0.385. The summed E-state index contributed by atoms with van der Waals surface area (Å²) < 4.78 is 10.0. The van der Waals surface area contributed by atoms with Crippen molar-refractivity contribution in [1.82, 2.24) is 5.43 Å². The van der Waals surface area contributed by atoms with Gasteiger partial charge in [-0.15, -0.1) is 0 Å². The molecule has 2 rings (SSSR count). The van der Waals surface area contributed by atoms with E-state index < -0.39 is 10.8 Å². The topological polar surface area (TPSA) is 103 Å². The monoisotopic (exact) mass is 329 g/mol. The number of carbonyl (C=O) groups excluding carboxylic acids is 1. The Balaban J connectivity index is 2.13. The molecule has 2 aromatic carbocycles. The normalized spacial score (nSPS) is 10.4. The summed E-state index contributed by atoms with van der Waals surface area (Å²) in [5.41, 5.74) is 2.94. The second kappa shape index (κ2) is 7.73. The van der Waals surface area contributed by atoms with Gasteiger partial charge in [-0.05, 0) is 24.3 Å². The predicted molar refractivity (Wildman–Crippen MR) is 87.7 cm³/mol. The highest BCUT2D eigenvalue weighted by Crippen LogP contribution is 2.26. The van der Waals surface area contributed by atoms with Crippen LogP contribution in [0.1, 0.15) is 15.9 Å². The Morgan fingerprint density at radius 3 is 2.54 bits per heavy atom. The van der Waals surface area contributed by atoms with Crippen LogP contribution in [0, 0.1) is 10.1 Å². The van der Waals surface area contributed by atoms with Crippen molar-refractivity contribution in [3.05, 3.63) is 63.7 Å². The molecule has 0 aliphatic heterocycles. The molecule has 0 aromatic heterocycles. The van der Waals surface area contributed by atoms with E-state index in [0.717, 1.165) is 0 Å². The first-order chi connectivity index (χ1) is 11.6. The lowest BCUT2D eigenvalue weighted by Gasteiger charge is -2.06. The van der Waals surface area contributed by atoms with Crippen molar-refractivity contribution in [1.29, 1.82) is 0 Å². The fourth-order valence-electron chi connectivity index (χ4n) is 1.99. The molecular weight excluding hydrogens is 314 g/mol. The van der Waals surface area contributed by atoms with Gasteiger partial charge in [-0.2, -0.15) is 5.10 Å². The van der Waals surface area contributed by atoms with E-state index in [-0.39, 0.29) is 11.4 Å². The van der Waals surface area contributed by atoms with Crippen LogP contribution in [0.25, 0.3) is 0 Å². The first-order valence-electron chi connectivity index (χ1n) is 6.85. The molecule has 0 fully saturated rings. The fraction of sp³-hybridized carbons (Fsp3) is 0.125. The van der Waals surface area contributed by atoms with Crippen LogP contribution < -0.4 is 14.9 Å². The van der Waals surface area contributed by atoms with Crippen LogP contribution in [-0.2, 0) is 0 Å². The summed E-state index contributed by atoms with van der Waals surface area (Å²) in [6, 6.07) is 11.1. The van der Waals surface area contributed by atoms with Crippen LogP contribution in [0.15, 0.2) is 47.6 Å². The van der Waals surface area contributed by atoms with Crippen molar-refractivity contribution in [3.63, 3.8) is 0 Å². The molecule has 24 heavy (non-hydrogen) atoms. The second-order valence-electron chi connectivity index (χ2n) is 4.59. The Kier molecular flexibility index (Phi) is 5.45. The van der Waals surface area contributed by atoms with E-state index in [2.05, 4.69) is 10.5 Å². The van der Waals surface area contributed by atoms with Crippen molar-refractivity contribution in [2.75, 3.05) is 14.2 Å². The molecule has 0 heterocycles. The van der Waals surface area contributed by atoms with Gasteiger partial charge in [0.2, 0.25) is 0 Å². The van der Waals surface area contributed by atoms with Crippen LogP contribution in [0.4, 0.5) is 5.69 Å². The average Bonchev–Trinajstić information content (AvgIpc) is 2.61. The minimum Gasteiger partial charge on any atom is -0.496 e. The predicted octanol–water partition coefficient (Wildman–Crippen LogP) is 2.38. The third-order valence-corrected chi connectivity index (χ3v) is 3.13. The molecule has 124 valence electrons. The Morgan fingerprint density at radius 1 is 1.17 bits per heavy atom. The summed E-state index contributed by atoms with van der Waals surface area (Å²) in [6.45, 7) is 0. The van der Waals surface area contributed by atoms with Gasteiger partial charge in [0.15, 0.2) is 5.75 Å². The number of para-hydroxylation sites is 1. The molecule has 8 nitrogen and oxygen atoms in total. The van der Waals surface area contributed by atoms with Gasteiger partial charge >= 0.3 is 5.69 Å². The van der Waals surface area contributed by atoms with Crippen molar-refractivity contribution in [3.8, 4) is 11.5 Å². The minimum atomic E-state index is -0.552. The number of benzene rings is 2. The maximum atomic E-state index is 12.1. The van der Waals surface area contributed by atoms with E-state index in [1.165, 1.54) is 32.6 Å². The first-order valence-corrected chi connectivity index (χ1v) is 6.85. The molecule has 0 bridgehead atoms. The average molecular weight is 329 g/mol. The summed E-state index contributed by atoms with van der Waals surface area (Å²) in [6.07, 6.45) is 1.31. The van der Waals surface area contributed by atoms with Gasteiger partial charge in [-0.3, -0.25) is 14.9 Å². The number of nitrogens with zero attached hydrogens (tertiary/aromatic N) is 2. The molecule has 8 heteroatoms. The molecule has 0 saturated heterocycles. The van der Waals surface area contributed by atoms with Crippen LogP contribution in [-0.4, -0.2) is 31.3 Å². The molecule has 1 N–H and O–H groups in total. The summed E-state index contributed by atoms with van der Waals surface area (Å²) in [5, 5.41) is 14.8. The first kappa shape index (κ1) is 16.9. The van der Waals surface area contributed by atoms with Gasteiger partial charge < -0.3 is 9.47 Å². The van der Waals surface area contributed by atoms with Crippen LogP contribution in [0.3, 0.4) is 0 Å². The van der Waals surface area contributed by atoms with Gasteiger partial charge in [-0.1, -0.05) is 12.1 Å². The van der Waals surface area contributed by atoms with E-state index in [1.807, 2.05) is 0 Å². The van der Waals surface area contributed by atoms with Crippen LogP contribution in [0.5, 0.6) is 11.5 Å². The van der Waals surface area contributed by atoms with Crippen molar-refractivity contribution in [2.45, 2.75) is 0 Å². The lowest BCUT2D eigenvalue weighted by atomic mass is 10.2. The zero-order valence-corrected chi connectivity index (χ0v) is 13.1. The fourth-order valence-corrected chi connectivity index (χ4v) is 1.99. The number of nitrogens with one attached hydrogen (secondary N) is 1. The van der Waals surface area contributed by atoms with E-state index in [4.69, 9.17) is 9.47 Å². The van der Waals surface area contributed by atoms with Gasteiger partial charge in [0.25, 0.3) is 5.91 Å². The second-order valence-corrected chi connectivity index (χ2v) is 4.59. The molecule has 0 atom stereocenters. The largest absolute Gasteiger partial charge is 0.496 e. The third-order valence-electron chi connectivity index (χ3n) is 3.13. The highest BCUT2D eigenvalue weighted by atomic mass is 16.6. The Bertz CT molecular complexity index is 789. The van der Waals surface area contributed by atoms with Gasteiger partial charge in [0, 0.05) is 11.6 Å². The molecule has 0 radical (unpaired) electrons. The van der Waals surface area contributed by atoms with Crippen LogP contribution >= 0.6 is 0 Å². The Labute approximate surface area is 137 Å². The number of carbonyl (C=O) groups is 1. The highest BCUT2D eigenvalue weighted by molar-refractivity contribution is 5.97. The van der Waals surface area contributed by atoms with E-state index in [9.17, 15) is 14.9 Å². The summed E-state index contributed by atoms with van der Waals surface area (Å²) >= 11 is 0. The highest BCUT2D eigenvalue weighted by Gasteiger charge is 2.14. The summed E-state index contributed by atoms with van der Waals surface area (Å²) in [7, 11) is 2.81. The van der Waals surface area contributed by atoms with Crippen molar-refractivity contribution in [2.24, 2.45) is 5.10 Å². The zero-order valence-electron chi connectivity index (χ0n) is 13.1. The molecule has 0 spiro atoms. The number of rotatable bonds is 6. The smallest absolute Gasteiger partial charge is 0.311 e. The van der Waals surface area contributed by atoms with E-state index >= 15 is 0 Å². The summed E-state index contributed by atoms with van der Waals surface area (Å²) in [5.74, 6) is 0.118. The maximum Gasteiger partial charge on any atom is 0.311 e. The van der Waals surface area contributed by atoms with E-state index in [0.29, 0.717) is 16.9 Å². The number of amides is 1. The number of nitro groups is 1. The van der Waals surface area contributed by atoms with Gasteiger partial charge in [-0.25, -0.2) is 5.43 Å². The maximum absolute atomic E-state index is 12.1. The standard InChI is InChI=1S/C16H15N3O5/c1-23-14-6-4-3-5-12(14)16(20)18-17-10-11-7-8-15(24-2)13(9-11)19(21)22/h3-10H,1-2H3,(H,18,20)/b17-10-. The minimum absolute atomic E-state index is 0.148. The molecule has 0 saturated carbocycles. The van der Waals surface area contributed by atoms with Crippen LogP contribution in [0.2, 0.25) is 0 Å². The molecule has 0 aliphatic rings. The quantitative estimate of drug-likeness (QED) is 0.498. The number of hydrogen-bond donors (Lipinski definition) is 1. The van der Waals surface area contributed by atoms with E-state index in [1.54, 1.807) is 30.3 Å². The third kappa shape index (κ3) is 3.86. The molecule has 0 aliphatic carbocycles. The lowest BCUT2D eigenvalue weighted by Crippen LogP contribution is -2.18. The number of methoxy groups -OCH3 is 2. The van der Waals surface area contributed by atoms with Crippen molar-refractivity contribution < 1.29 is 19.2 Å². The molecule has 1 amide bonds. The van der Waals surface area contributed by atoms with Crippen molar-refractivity contribution >= 4 is 17.8 Å². The Morgan fingerprint density at radius 2 is 1.88 bits per heavy atom.